The first-order valence-corrected chi connectivity index (χ1v) is 12.4. The van der Waals surface area contributed by atoms with Crippen LogP contribution in [0.25, 0.3) is 11.4 Å². The molecule has 1 saturated heterocycles. The summed E-state index contributed by atoms with van der Waals surface area (Å²) in [6, 6.07) is 6.91. The lowest BCUT2D eigenvalue weighted by molar-refractivity contribution is -0.117. The normalized spacial score (nSPS) is 14.6. The van der Waals surface area contributed by atoms with Crippen LogP contribution in [0, 0.1) is 5.92 Å². The quantitative estimate of drug-likeness (QED) is 0.410. The van der Waals surface area contributed by atoms with E-state index < -0.39 is 5.91 Å². The molecule has 1 saturated carbocycles. The number of nitrogens with one attached hydrogen (secondary N) is 3. The number of carbonyl (C=O) groups excluding carboxylic acids is 3. The molecule has 2 aromatic heterocycles. The van der Waals surface area contributed by atoms with Crippen LogP contribution in [0.3, 0.4) is 0 Å². The van der Waals surface area contributed by atoms with Crippen molar-refractivity contribution in [1.29, 1.82) is 0 Å². The summed E-state index contributed by atoms with van der Waals surface area (Å²) in [6.07, 6.45) is 6.75. The van der Waals surface area contributed by atoms with Crippen molar-refractivity contribution >= 4 is 34.9 Å². The predicted molar refractivity (Wildman–Crippen MR) is 139 cm³/mol. The molecule has 0 unspecified atom stereocenters. The van der Waals surface area contributed by atoms with Crippen LogP contribution < -0.4 is 20.7 Å². The maximum Gasteiger partial charge on any atom is 0.273 e. The molecule has 12 nitrogen and oxygen atoms in total. The van der Waals surface area contributed by atoms with E-state index in [1.54, 1.807) is 29.2 Å². The van der Waals surface area contributed by atoms with E-state index in [9.17, 15) is 14.4 Å². The summed E-state index contributed by atoms with van der Waals surface area (Å²) in [5.74, 6) is 0.370. The van der Waals surface area contributed by atoms with Crippen LogP contribution in [-0.2, 0) is 4.79 Å². The number of anilines is 3. The fourth-order valence-electron chi connectivity index (χ4n) is 4.26. The van der Waals surface area contributed by atoms with Crippen molar-refractivity contribution in [3.05, 3.63) is 47.9 Å². The molecule has 0 atom stereocenters. The summed E-state index contributed by atoms with van der Waals surface area (Å²) in [4.78, 5) is 48.0. The van der Waals surface area contributed by atoms with Crippen LogP contribution in [0.2, 0.25) is 0 Å². The van der Waals surface area contributed by atoms with Gasteiger partial charge in [0, 0.05) is 44.5 Å². The van der Waals surface area contributed by atoms with Crippen molar-refractivity contribution in [3.8, 4) is 17.1 Å². The third-order valence-electron chi connectivity index (χ3n) is 6.46. The van der Waals surface area contributed by atoms with E-state index in [1.165, 1.54) is 26.6 Å². The predicted octanol–water partition coefficient (Wildman–Crippen LogP) is 2.63. The zero-order chi connectivity index (χ0) is 26.6. The minimum Gasteiger partial charge on any atom is -0.494 e. The first-order valence-electron chi connectivity index (χ1n) is 12.4. The topological polar surface area (TPSA) is 151 Å². The molecule has 3 aromatic rings. The van der Waals surface area contributed by atoms with E-state index in [1.807, 2.05) is 0 Å². The number of amides is 3. The molecule has 0 bridgehead atoms. The first-order chi connectivity index (χ1) is 18.5. The smallest absolute Gasteiger partial charge is 0.273 e. The van der Waals surface area contributed by atoms with E-state index >= 15 is 0 Å². The van der Waals surface area contributed by atoms with Gasteiger partial charge in [-0.2, -0.15) is 0 Å². The number of hydrogen-bond donors (Lipinski definition) is 3. The SMILES string of the molecule is CNC(=O)c1nnc(NC(=O)C2CC2)cc1Nc1cccc(-c2ncc(C(=O)N3CCCC3)cn2)c1OC. The number of methoxy groups -OCH3 is 1. The monoisotopic (exact) mass is 516 g/mol. The maximum absolute atomic E-state index is 12.7. The molecular weight excluding hydrogens is 488 g/mol. The van der Waals surface area contributed by atoms with Gasteiger partial charge in [-0.15, -0.1) is 10.2 Å². The minimum atomic E-state index is -0.447. The average molecular weight is 517 g/mol. The van der Waals surface area contributed by atoms with Crippen LogP contribution >= 0.6 is 0 Å². The second kappa shape index (κ2) is 10.8. The molecule has 0 radical (unpaired) electrons. The van der Waals surface area contributed by atoms with Crippen molar-refractivity contribution in [2.24, 2.45) is 5.92 Å². The van der Waals surface area contributed by atoms with Gasteiger partial charge in [-0.25, -0.2) is 9.97 Å². The fourth-order valence-corrected chi connectivity index (χ4v) is 4.26. The second-order valence-corrected chi connectivity index (χ2v) is 9.14. The van der Waals surface area contributed by atoms with Crippen LogP contribution in [0.1, 0.15) is 46.5 Å². The summed E-state index contributed by atoms with van der Waals surface area (Å²) in [6.45, 7) is 1.49. The standard InChI is InChI=1S/C26H28N8O4/c1-27-25(36)21-19(12-20(32-33-21)31-24(35)15-8-9-15)30-18-7-5-6-17(22(18)38-2)23-28-13-16(14-29-23)26(37)34-10-3-4-11-34/h5-7,12-15H,3-4,8-11H2,1-2H3,(H,27,36)(H2,30,31,32,35). The number of carbonyl (C=O) groups is 3. The van der Waals surface area contributed by atoms with Gasteiger partial charge in [0.15, 0.2) is 23.1 Å². The summed E-state index contributed by atoms with van der Waals surface area (Å²) in [7, 11) is 3.01. The number of ether oxygens (including phenoxy) is 1. The Kier molecular flexibility index (Phi) is 7.11. The van der Waals surface area contributed by atoms with Gasteiger partial charge >= 0.3 is 0 Å². The third kappa shape index (κ3) is 5.24. The Balaban J connectivity index is 1.44. The Morgan fingerprint density at radius 1 is 1.03 bits per heavy atom. The summed E-state index contributed by atoms with van der Waals surface area (Å²) in [5.41, 5.74) is 1.91. The van der Waals surface area contributed by atoms with E-state index in [0.29, 0.717) is 34.1 Å². The highest BCUT2D eigenvalue weighted by atomic mass is 16.5. The average Bonchev–Trinajstić information content (AvgIpc) is 3.66. The number of aromatic nitrogens is 4. The zero-order valence-corrected chi connectivity index (χ0v) is 21.2. The molecule has 3 N–H and O–H groups in total. The van der Waals surface area contributed by atoms with E-state index in [0.717, 1.165) is 38.8 Å². The number of para-hydroxylation sites is 1. The molecule has 1 aromatic carbocycles. The number of hydrogen-bond acceptors (Lipinski definition) is 9. The molecule has 5 rings (SSSR count). The molecule has 2 aliphatic rings. The maximum atomic E-state index is 12.7. The van der Waals surface area contributed by atoms with Crippen molar-refractivity contribution in [2.45, 2.75) is 25.7 Å². The summed E-state index contributed by atoms with van der Waals surface area (Å²) < 4.78 is 5.70. The Hall–Kier alpha value is -4.61. The largest absolute Gasteiger partial charge is 0.494 e. The number of nitrogens with zero attached hydrogens (tertiary/aromatic N) is 5. The van der Waals surface area contributed by atoms with Gasteiger partial charge in [0.2, 0.25) is 5.91 Å². The zero-order valence-electron chi connectivity index (χ0n) is 21.2. The van der Waals surface area contributed by atoms with Gasteiger partial charge in [-0.3, -0.25) is 14.4 Å². The van der Waals surface area contributed by atoms with Crippen molar-refractivity contribution in [1.82, 2.24) is 30.4 Å². The van der Waals surface area contributed by atoms with Gasteiger partial charge in [0.05, 0.1) is 29.6 Å². The molecular formula is C26H28N8O4. The van der Waals surface area contributed by atoms with Crippen LogP contribution in [0.4, 0.5) is 17.2 Å². The molecule has 38 heavy (non-hydrogen) atoms. The molecule has 1 aliphatic heterocycles. The van der Waals surface area contributed by atoms with Gasteiger partial charge in [0.1, 0.15) is 0 Å². The highest BCUT2D eigenvalue weighted by Gasteiger charge is 2.30. The van der Waals surface area contributed by atoms with E-state index in [4.69, 9.17) is 4.74 Å². The van der Waals surface area contributed by atoms with Crippen molar-refractivity contribution in [2.75, 3.05) is 37.9 Å². The first kappa shape index (κ1) is 25.1. The van der Waals surface area contributed by atoms with E-state index in [-0.39, 0.29) is 29.2 Å². The van der Waals surface area contributed by atoms with Crippen LogP contribution in [0.5, 0.6) is 5.75 Å². The van der Waals surface area contributed by atoms with Gasteiger partial charge in [-0.05, 0) is 37.8 Å². The van der Waals surface area contributed by atoms with Gasteiger partial charge in [0.25, 0.3) is 11.8 Å². The van der Waals surface area contributed by atoms with E-state index in [2.05, 4.69) is 36.1 Å². The summed E-state index contributed by atoms with van der Waals surface area (Å²) >= 11 is 0. The molecule has 1 aliphatic carbocycles. The molecule has 3 heterocycles. The molecule has 3 amide bonds. The summed E-state index contributed by atoms with van der Waals surface area (Å²) in [5, 5.41) is 16.5. The lowest BCUT2D eigenvalue weighted by Gasteiger charge is -2.17. The molecule has 0 spiro atoms. The lowest BCUT2D eigenvalue weighted by atomic mass is 10.1. The third-order valence-corrected chi connectivity index (χ3v) is 6.46. The number of likely N-dealkylation sites (tertiary alicyclic amines) is 1. The highest BCUT2D eigenvalue weighted by molar-refractivity contribution is 6.00. The van der Waals surface area contributed by atoms with Crippen LogP contribution in [0.15, 0.2) is 36.7 Å². The Labute approximate surface area is 219 Å². The van der Waals surface area contributed by atoms with Crippen molar-refractivity contribution in [3.63, 3.8) is 0 Å². The Morgan fingerprint density at radius 2 is 1.76 bits per heavy atom. The number of benzene rings is 1. The van der Waals surface area contributed by atoms with Gasteiger partial charge < -0.3 is 25.6 Å². The minimum absolute atomic E-state index is 0.0133. The molecule has 12 heteroatoms. The fraction of sp³-hybridized carbons (Fsp3) is 0.346. The number of rotatable bonds is 8. The van der Waals surface area contributed by atoms with Gasteiger partial charge in [-0.1, -0.05) is 6.07 Å². The Morgan fingerprint density at radius 3 is 2.42 bits per heavy atom. The lowest BCUT2D eigenvalue weighted by Crippen LogP contribution is -2.27. The molecule has 196 valence electrons. The van der Waals surface area contributed by atoms with Crippen LogP contribution in [-0.4, -0.2) is 70.0 Å². The Bertz CT molecular complexity index is 1370. The van der Waals surface area contributed by atoms with Crippen molar-refractivity contribution < 1.29 is 19.1 Å². The second-order valence-electron chi connectivity index (χ2n) is 9.14. The highest BCUT2D eigenvalue weighted by Crippen LogP contribution is 2.37. The molecule has 2 fully saturated rings.